The molecule has 5 nitrogen and oxygen atoms in total. The number of aromatic nitrogens is 1. The average Bonchev–Trinajstić information content (AvgIpc) is 3.34. The number of hydrogen-bond donors (Lipinski definition) is 2. The van der Waals surface area contributed by atoms with Crippen molar-refractivity contribution in [2.24, 2.45) is 0 Å². The molecule has 1 amide bonds. The van der Waals surface area contributed by atoms with Gasteiger partial charge in [-0.15, -0.1) is 11.3 Å². The van der Waals surface area contributed by atoms with Crippen molar-refractivity contribution in [1.82, 2.24) is 10.3 Å². The van der Waals surface area contributed by atoms with Crippen LogP contribution in [0.2, 0.25) is 0 Å². The van der Waals surface area contributed by atoms with Crippen LogP contribution in [0.4, 0.5) is 10.8 Å². The zero-order valence-electron chi connectivity index (χ0n) is 19.1. The van der Waals surface area contributed by atoms with E-state index in [-0.39, 0.29) is 11.0 Å². The number of anilines is 2. The van der Waals surface area contributed by atoms with Gasteiger partial charge in [0.15, 0.2) is 10.2 Å². The fraction of sp³-hybridized carbons (Fsp3) is 0.148. The van der Waals surface area contributed by atoms with Gasteiger partial charge in [0, 0.05) is 35.3 Å². The SMILES string of the molecule is CCN(CC)c1ccc(C(=O)NC(=S)Nc2nc(-c3ccc(-c4ccccc4)cc3)cs2)cc1. The van der Waals surface area contributed by atoms with Gasteiger partial charge < -0.3 is 10.2 Å². The van der Waals surface area contributed by atoms with E-state index in [1.807, 2.05) is 47.8 Å². The molecule has 3 aromatic carbocycles. The van der Waals surface area contributed by atoms with Gasteiger partial charge in [-0.2, -0.15) is 0 Å². The predicted molar refractivity (Wildman–Crippen MR) is 147 cm³/mol. The second kappa shape index (κ2) is 11.0. The summed E-state index contributed by atoms with van der Waals surface area (Å²) in [6, 6.07) is 26.1. The molecule has 0 radical (unpaired) electrons. The summed E-state index contributed by atoms with van der Waals surface area (Å²) in [5.41, 5.74) is 5.86. The Balaban J connectivity index is 1.35. The third-order valence-electron chi connectivity index (χ3n) is 5.50. The first-order chi connectivity index (χ1) is 16.6. The van der Waals surface area contributed by atoms with Gasteiger partial charge in [-0.1, -0.05) is 54.6 Å². The predicted octanol–water partition coefficient (Wildman–Crippen LogP) is 6.45. The van der Waals surface area contributed by atoms with Crippen LogP contribution in [0.1, 0.15) is 24.2 Å². The van der Waals surface area contributed by atoms with Crippen molar-refractivity contribution in [2.45, 2.75) is 13.8 Å². The summed E-state index contributed by atoms with van der Waals surface area (Å²) in [6.07, 6.45) is 0. The van der Waals surface area contributed by atoms with E-state index in [1.165, 1.54) is 16.9 Å². The summed E-state index contributed by atoms with van der Waals surface area (Å²) in [5, 5.41) is 8.56. The van der Waals surface area contributed by atoms with Gasteiger partial charge in [-0.3, -0.25) is 10.1 Å². The quantitative estimate of drug-likeness (QED) is 0.294. The summed E-state index contributed by atoms with van der Waals surface area (Å²) in [4.78, 5) is 19.4. The number of carbonyl (C=O) groups excluding carboxylic acids is 1. The molecular weight excluding hydrogens is 460 g/mol. The normalized spacial score (nSPS) is 10.5. The molecule has 34 heavy (non-hydrogen) atoms. The van der Waals surface area contributed by atoms with Crippen LogP contribution in [0, 0.1) is 0 Å². The Morgan fingerprint density at radius 2 is 1.50 bits per heavy atom. The molecule has 1 aromatic heterocycles. The second-order valence-corrected chi connectivity index (χ2v) is 8.88. The third-order valence-corrected chi connectivity index (χ3v) is 6.46. The van der Waals surface area contributed by atoms with Crippen LogP contribution in [0.25, 0.3) is 22.4 Å². The Kier molecular flexibility index (Phi) is 7.67. The number of benzene rings is 3. The molecule has 0 unspecified atom stereocenters. The van der Waals surface area contributed by atoms with Crippen molar-refractivity contribution in [3.05, 3.63) is 89.8 Å². The molecule has 0 saturated carbocycles. The molecule has 0 aliphatic rings. The van der Waals surface area contributed by atoms with E-state index in [0.29, 0.717) is 10.7 Å². The Hall–Kier alpha value is -3.55. The lowest BCUT2D eigenvalue weighted by atomic mass is 10.0. The topological polar surface area (TPSA) is 57.3 Å². The maximum Gasteiger partial charge on any atom is 0.257 e. The minimum absolute atomic E-state index is 0.221. The third kappa shape index (κ3) is 5.68. The Morgan fingerprint density at radius 1 is 0.882 bits per heavy atom. The maximum atomic E-state index is 12.6. The van der Waals surface area contributed by atoms with Crippen LogP contribution >= 0.6 is 23.6 Å². The summed E-state index contributed by atoms with van der Waals surface area (Å²) >= 11 is 6.77. The number of amides is 1. The summed E-state index contributed by atoms with van der Waals surface area (Å²) in [7, 11) is 0. The van der Waals surface area contributed by atoms with Crippen LogP contribution in [0.5, 0.6) is 0 Å². The van der Waals surface area contributed by atoms with E-state index in [2.05, 4.69) is 70.8 Å². The Bertz CT molecular complexity index is 1250. The molecule has 0 atom stereocenters. The molecule has 0 aliphatic heterocycles. The van der Waals surface area contributed by atoms with Gasteiger partial charge in [0.25, 0.3) is 5.91 Å². The number of thiocarbonyl (C=S) groups is 1. The molecule has 1 heterocycles. The molecule has 4 rings (SSSR count). The van der Waals surface area contributed by atoms with Crippen molar-refractivity contribution < 1.29 is 4.79 Å². The highest BCUT2D eigenvalue weighted by Crippen LogP contribution is 2.27. The molecule has 7 heteroatoms. The van der Waals surface area contributed by atoms with Crippen LogP contribution in [0.15, 0.2) is 84.2 Å². The Morgan fingerprint density at radius 3 is 2.15 bits per heavy atom. The first-order valence-corrected chi connectivity index (χ1v) is 12.4. The van der Waals surface area contributed by atoms with Crippen molar-refractivity contribution in [2.75, 3.05) is 23.3 Å². The highest BCUT2D eigenvalue weighted by atomic mass is 32.1. The molecule has 172 valence electrons. The molecule has 4 aromatic rings. The molecule has 0 fully saturated rings. The van der Waals surface area contributed by atoms with Crippen molar-refractivity contribution >= 4 is 45.4 Å². The molecule has 2 N–H and O–H groups in total. The van der Waals surface area contributed by atoms with Crippen LogP contribution < -0.4 is 15.5 Å². The van der Waals surface area contributed by atoms with Crippen molar-refractivity contribution in [3.8, 4) is 22.4 Å². The standard InChI is InChI=1S/C27H26N4OS2/c1-3-31(4-2)23-16-14-22(15-17-23)25(32)29-26(33)30-27-28-24(18-34-27)21-12-10-20(11-13-21)19-8-6-5-7-9-19/h5-18H,3-4H2,1-2H3,(H2,28,29,30,32,33). The van der Waals surface area contributed by atoms with Gasteiger partial charge in [-0.25, -0.2) is 4.98 Å². The van der Waals surface area contributed by atoms with Gasteiger partial charge in [-0.05, 0) is 61.5 Å². The van der Waals surface area contributed by atoms with Crippen molar-refractivity contribution in [3.63, 3.8) is 0 Å². The zero-order chi connectivity index (χ0) is 23.9. The Labute approximate surface area is 209 Å². The number of carbonyl (C=O) groups is 1. The van der Waals surface area contributed by atoms with E-state index in [4.69, 9.17) is 12.2 Å². The number of rotatable bonds is 7. The summed E-state index contributed by atoms with van der Waals surface area (Å²) in [6.45, 7) is 6.06. The molecule has 0 saturated heterocycles. The van der Waals surface area contributed by atoms with Gasteiger partial charge in [0.2, 0.25) is 0 Å². The number of nitrogens with one attached hydrogen (secondary N) is 2. The molecular formula is C27H26N4OS2. The lowest BCUT2D eigenvalue weighted by molar-refractivity contribution is 0.0978. The van der Waals surface area contributed by atoms with Crippen molar-refractivity contribution in [1.29, 1.82) is 0 Å². The van der Waals surface area contributed by atoms with Gasteiger partial charge >= 0.3 is 0 Å². The van der Waals surface area contributed by atoms with E-state index in [1.54, 1.807) is 0 Å². The number of thiazole rings is 1. The molecule has 0 aliphatic carbocycles. The van der Waals surface area contributed by atoms with E-state index < -0.39 is 0 Å². The fourth-order valence-corrected chi connectivity index (χ4v) is 4.62. The minimum Gasteiger partial charge on any atom is -0.372 e. The lowest BCUT2D eigenvalue weighted by Gasteiger charge is -2.21. The van der Waals surface area contributed by atoms with E-state index in [9.17, 15) is 4.79 Å². The molecule has 0 bridgehead atoms. The zero-order valence-corrected chi connectivity index (χ0v) is 20.7. The summed E-state index contributed by atoms with van der Waals surface area (Å²) in [5.74, 6) is -0.253. The fourth-order valence-electron chi connectivity index (χ4n) is 3.64. The van der Waals surface area contributed by atoms with E-state index >= 15 is 0 Å². The molecule has 0 spiro atoms. The van der Waals surface area contributed by atoms with Crippen LogP contribution in [-0.4, -0.2) is 29.1 Å². The lowest BCUT2D eigenvalue weighted by Crippen LogP contribution is -2.34. The number of hydrogen-bond acceptors (Lipinski definition) is 5. The first-order valence-electron chi connectivity index (χ1n) is 11.2. The highest BCUT2D eigenvalue weighted by molar-refractivity contribution is 7.80. The minimum atomic E-state index is -0.253. The first kappa shape index (κ1) is 23.6. The largest absolute Gasteiger partial charge is 0.372 e. The van der Waals surface area contributed by atoms with Crippen LogP contribution in [-0.2, 0) is 0 Å². The van der Waals surface area contributed by atoms with Crippen LogP contribution in [0.3, 0.4) is 0 Å². The summed E-state index contributed by atoms with van der Waals surface area (Å²) < 4.78 is 0. The monoisotopic (exact) mass is 486 g/mol. The maximum absolute atomic E-state index is 12.6. The van der Waals surface area contributed by atoms with Gasteiger partial charge in [0.05, 0.1) is 5.69 Å². The van der Waals surface area contributed by atoms with Gasteiger partial charge in [0.1, 0.15) is 0 Å². The number of nitrogens with zero attached hydrogens (tertiary/aromatic N) is 2. The highest BCUT2D eigenvalue weighted by Gasteiger charge is 2.11. The smallest absolute Gasteiger partial charge is 0.257 e. The average molecular weight is 487 g/mol. The second-order valence-electron chi connectivity index (χ2n) is 7.61. The van der Waals surface area contributed by atoms with E-state index in [0.717, 1.165) is 35.6 Å².